The van der Waals surface area contributed by atoms with Gasteiger partial charge in [-0.05, 0) is 27.7 Å². The number of piperidine rings is 1. The normalized spacial score (nSPS) is 26.2. The van der Waals surface area contributed by atoms with E-state index in [0.717, 1.165) is 0 Å². The Kier molecular flexibility index (Phi) is 7.19. The highest BCUT2D eigenvalue weighted by atomic mass is 19.4. The average Bonchev–Trinajstić information content (AvgIpc) is 3.21. The number of anilines is 2. The van der Waals surface area contributed by atoms with Gasteiger partial charge in [0.25, 0.3) is 0 Å². The number of halogens is 3. The van der Waals surface area contributed by atoms with Crippen LogP contribution < -0.4 is 9.80 Å². The van der Waals surface area contributed by atoms with Crippen molar-refractivity contribution in [3.05, 3.63) is 11.9 Å². The van der Waals surface area contributed by atoms with Gasteiger partial charge in [0.05, 0.1) is 6.61 Å². The summed E-state index contributed by atoms with van der Waals surface area (Å²) < 4.78 is 52.6. The summed E-state index contributed by atoms with van der Waals surface area (Å²) in [7, 11) is 0. The van der Waals surface area contributed by atoms with Crippen molar-refractivity contribution in [2.24, 2.45) is 0 Å². The molecule has 4 saturated heterocycles. The third-order valence-electron chi connectivity index (χ3n) is 8.22. The van der Waals surface area contributed by atoms with Crippen molar-refractivity contribution in [3.63, 3.8) is 0 Å². The van der Waals surface area contributed by atoms with E-state index in [1.165, 1.54) is 0 Å². The zero-order valence-electron chi connectivity index (χ0n) is 23.0. The number of nitrogens with zero attached hydrogens (tertiary/aromatic N) is 6. The van der Waals surface area contributed by atoms with E-state index in [2.05, 4.69) is 14.9 Å². The maximum Gasteiger partial charge on any atom is 0.451 e. The number of amides is 1. The standard InChI is InChI=1S/C26H37F3N6O4/c1-17-18(32-10-12-34(13-11-32)23(37)39-24(2,3)4)16-35(17)21-15-20(30-22(31-21)26(27,28)29)33-8-6-25(7-9-33)19(36)5-14-38-25/h15,17-18H,5-14,16H2,1-4H3/t17-,18-/m1/s1. The summed E-state index contributed by atoms with van der Waals surface area (Å²) in [6, 6.07) is 1.70. The van der Waals surface area contributed by atoms with Crippen LogP contribution in [0.15, 0.2) is 6.07 Å². The lowest BCUT2D eigenvalue weighted by Gasteiger charge is -2.53. The molecule has 5 heterocycles. The van der Waals surface area contributed by atoms with E-state index in [1.807, 2.05) is 32.6 Å². The van der Waals surface area contributed by atoms with Gasteiger partial charge in [-0.3, -0.25) is 9.69 Å². The predicted octanol–water partition coefficient (Wildman–Crippen LogP) is 2.95. The number of carbonyl (C=O) groups is 2. The molecule has 1 aromatic heterocycles. The van der Waals surface area contributed by atoms with Crippen LogP contribution in [0.4, 0.5) is 29.6 Å². The largest absolute Gasteiger partial charge is 0.451 e. The van der Waals surface area contributed by atoms with Gasteiger partial charge in [0.1, 0.15) is 22.8 Å². The number of Topliss-reactive ketones (excluding diaryl/α,β-unsaturated/α-hetero) is 1. The molecule has 39 heavy (non-hydrogen) atoms. The van der Waals surface area contributed by atoms with Crippen molar-refractivity contribution in [2.75, 3.05) is 62.2 Å². The molecule has 0 bridgehead atoms. The van der Waals surface area contributed by atoms with Crippen molar-refractivity contribution in [1.29, 1.82) is 0 Å². The maximum atomic E-state index is 13.8. The Morgan fingerprint density at radius 2 is 1.69 bits per heavy atom. The second-order valence-electron chi connectivity index (χ2n) is 11.9. The maximum absolute atomic E-state index is 13.8. The van der Waals surface area contributed by atoms with Crippen LogP contribution in [0.1, 0.15) is 52.8 Å². The monoisotopic (exact) mass is 554 g/mol. The van der Waals surface area contributed by atoms with Gasteiger partial charge in [-0.2, -0.15) is 13.2 Å². The van der Waals surface area contributed by atoms with Crippen molar-refractivity contribution in [3.8, 4) is 0 Å². The first-order chi connectivity index (χ1) is 18.3. The van der Waals surface area contributed by atoms with E-state index in [0.29, 0.717) is 71.7 Å². The quantitative estimate of drug-likeness (QED) is 0.559. The van der Waals surface area contributed by atoms with Crippen LogP contribution in [0.25, 0.3) is 0 Å². The van der Waals surface area contributed by atoms with E-state index >= 15 is 0 Å². The number of alkyl halides is 3. The van der Waals surface area contributed by atoms with Crippen LogP contribution in [0.5, 0.6) is 0 Å². The van der Waals surface area contributed by atoms with E-state index in [-0.39, 0.29) is 35.6 Å². The van der Waals surface area contributed by atoms with E-state index in [9.17, 15) is 22.8 Å². The van der Waals surface area contributed by atoms with Crippen LogP contribution in [-0.2, 0) is 20.4 Å². The summed E-state index contributed by atoms with van der Waals surface area (Å²) in [4.78, 5) is 40.1. The van der Waals surface area contributed by atoms with E-state index < -0.39 is 23.2 Å². The fraction of sp³-hybridized carbons (Fsp3) is 0.769. The number of ether oxygens (including phenoxy) is 2. The van der Waals surface area contributed by atoms with Crippen molar-refractivity contribution >= 4 is 23.5 Å². The van der Waals surface area contributed by atoms with Gasteiger partial charge in [0.2, 0.25) is 5.82 Å². The molecule has 4 aliphatic rings. The molecule has 0 radical (unpaired) electrons. The third-order valence-corrected chi connectivity index (χ3v) is 8.22. The van der Waals surface area contributed by atoms with Crippen molar-refractivity contribution < 1.29 is 32.2 Å². The van der Waals surface area contributed by atoms with E-state index in [4.69, 9.17) is 9.47 Å². The summed E-state index contributed by atoms with van der Waals surface area (Å²) in [6.45, 7) is 11.6. The Morgan fingerprint density at radius 3 is 2.23 bits per heavy atom. The predicted molar refractivity (Wildman–Crippen MR) is 137 cm³/mol. The zero-order chi connectivity index (χ0) is 28.2. The summed E-state index contributed by atoms with van der Waals surface area (Å²) in [5.74, 6) is -0.620. The lowest BCUT2D eigenvalue weighted by Crippen LogP contribution is -2.68. The first-order valence-electron chi connectivity index (χ1n) is 13.6. The summed E-state index contributed by atoms with van der Waals surface area (Å²) in [6.07, 6.45) is -3.75. The molecule has 1 aromatic rings. The molecule has 2 atom stereocenters. The number of aromatic nitrogens is 2. The molecule has 0 N–H and O–H groups in total. The molecule has 0 unspecified atom stereocenters. The first-order valence-corrected chi connectivity index (χ1v) is 13.6. The Labute approximate surface area is 226 Å². The van der Waals surface area contributed by atoms with Crippen LogP contribution >= 0.6 is 0 Å². The lowest BCUT2D eigenvalue weighted by atomic mass is 9.87. The smallest absolute Gasteiger partial charge is 0.444 e. The Bertz CT molecular complexity index is 1090. The van der Waals surface area contributed by atoms with Crippen molar-refractivity contribution in [1.82, 2.24) is 19.8 Å². The highest BCUT2D eigenvalue weighted by molar-refractivity contribution is 5.89. The highest BCUT2D eigenvalue weighted by Crippen LogP contribution is 2.38. The van der Waals surface area contributed by atoms with Crippen LogP contribution in [0.3, 0.4) is 0 Å². The third kappa shape index (κ3) is 5.65. The molecular formula is C26H37F3N6O4. The molecule has 1 amide bonds. The molecular weight excluding hydrogens is 517 g/mol. The fourth-order valence-electron chi connectivity index (χ4n) is 5.90. The summed E-state index contributed by atoms with van der Waals surface area (Å²) in [5, 5.41) is 0. The number of hydrogen-bond acceptors (Lipinski definition) is 9. The summed E-state index contributed by atoms with van der Waals surface area (Å²) >= 11 is 0. The van der Waals surface area contributed by atoms with Crippen molar-refractivity contribution in [2.45, 2.75) is 76.4 Å². The fourth-order valence-corrected chi connectivity index (χ4v) is 5.90. The molecule has 4 fully saturated rings. The molecule has 0 saturated carbocycles. The zero-order valence-corrected chi connectivity index (χ0v) is 23.0. The molecule has 4 aliphatic heterocycles. The van der Waals surface area contributed by atoms with Crippen LogP contribution in [0.2, 0.25) is 0 Å². The van der Waals surface area contributed by atoms with Gasteiger partial charge >= 0.3 is 12.3 Å². The minimum absolute atomic E-state index is 0.0592. The van der Waals surface area contributed by atoms with Gasteiger partial charge in [-0.15, -0.1) is 0 Å². The lowest BCUT2D eigenvalue weighted by molar-refractivity contribution is -0.144. The molecule has 5 rings (SSSR count). The molecule has 10 nitrogen and oxygen atoms in total. The number of piperazine rings is 1. The molecule has 1 spiro atoms. The Hall–Kier alpha value is -2.67. The molecule has 0 aromatic carbocycles. The van der Waals surface area contributed by atoms with Gasteiger partial charge in [-0.25, -0.2) is 14.8 Å². The molecule has 13 heteroatoms. The van der Waals surface area contributed by atoms with Gasteiger partial charge in [0.15, 0.2) is 5.78 Å². The first kappa shape index (κ1) is 27.9. The second-order valence-corrected chi connectivity index (χ2v) is 11.9. The highest BCUT2D eigenvalue weighted by Gasteiger charge is 2.47. The average molecular weight is 555 g/mol. The second kappa shape index (κ2) is 10.1. The van der Waals surface area contributed by atoms with Crippen LogP contribution in [-0.4, -0.2) is 107 Å². The Balaban J connectivity index is 1.24. The van der Waals surface area contributed by atoms with Gasteiger partial charge < -0.3 is 24.2 Å². The van der Waals surface area contributed by atoms with Gasteiger partial charge in [0, 0.05) is 83.2 Å². The Morgan fingerprint density at radius 1 is 1.05 bits per heavy atom. The topological polar surface area (TPSA) is 91.3 Å². The minimum Gasteiger partial charge on any atom is -0.444 e. The molecule has 216 valence electrons. The van der Waals surface area contributed by atoms with Crippen LogP contribution in [0, 0.1) is 0 Å². The van der Waals surface area contributed by atoms with Gasteiger partial charge in [-0.1, -0.05) is 0 Å². The minimum atomic E-state index is -4.68. The number of carbonyl (C=O) groups excluding carboxylic acids is 2. The number of hydrogen-bond donors (Lipinski definition) is 0. The van der Waals surface area contributed by atoms with E-state index in [1.54, 1.807) is 15.9 Å². The number of ketones is 1. The number of rotatable bonds is 3. The molecule has 0 aliphatic carbocycles. The summed E-state index contributed by atoms with van der Waals surface area (Å²) in [5.41, 5.74) is -1.36. The SMILES string of the molecule is C[C@@H]1[C@H](N2CCN(C(=O)OC(C)(C)C)CC2)CN1c1cc(N2CCC3(CC2)OCCC3=O)nc(C(F)(F)F)n1.